The minimum Gasteiger partial charge on any atom is -0.457 e. The number of para-hydroxylation sites is 1. The van der Waals surface area contributed by atoms with E-state index in [1.807, 2.05) is 47.4 Å². The molecule has 3 fully saturated rings. The van der Waals surface area contributed by atoms with Gasteiger partial charge in [0.15, 0.2) is 5.78 Å². The van der Waals surface area contributed by atoms with Gasteiger partial charge in [0.25, 0.3) is 5.91 Å². The van der Waals surface area contributed by atoms with E-state index < -0.39 is 11.9 Å². The van der Waals surface area contributed by atoms with Crippen LogP contribution in [0, 0.1) is 0 Å². The second kappa shape index (κ2) is 18.6. The second-order valence-electron chi connectivity index (χ2n) is 16.7. The minimum absolute atomic E-state index is 0.0397. The molecule has 4 aliphatic heterocycles. The number of hydrogen-bond acceptors (Lipinski definition) is 11. The van der Waals surface area contributed by atoms with Crippen molar-refractivity contribution in [3.8, 4) is 11.5 Å². The highest BCUT2D eigenvalue weighted by Gasteiger charge is 2.39. The standard InChI is InChI=1S/C47H50ClN9O6/c48-38-25-34(63-33-9-3-1-4-10-33)13-15-36(38)43(60)37-26-49-44-42(37)45(51-29-50-44)52-31-8-7-19-56(28-31)41(59)11-5-2-6-18-54-20-22-55(23-21-54)32-12-14-35-30(24-32)27-57(47(35)62)39-16-17-40(58)53-46(39)61/h1,3-4,9-10,12-15,24-26,29,31,39H,2,5-8,11,16-23,27-28H2,(H,53,58,61)(H2,49,50,51,52). The first-order valence-electron chi connectivity index (χ1n) is 21.9. The summed E-state index contributed by atoms with van der Waals surface area (Å²) in [5, 5.41) is 6.74. The molecule has 15 nitrogen and oxygen atoms in total. The molecular weight excluding hydrogens is 822 g/mol. The summed E-state index contributed by atoms with van der Waals surface area (Å²) in [5.41, 5.74) is 3.88. The zero-order valence-corrected chi connectivity index (χ0v) is 35.7. The number of likely N-dealkylation sites (tertiary alicyclic amines) is 1. The van der Waals surface area contributed by atoms with Crippen LogP contribution in [0.4, 0.5) is 11.5 Å². The molecule has 16 heteroatoms. The number of imide groups is 1. The van der Waals surface area contributed by atoms with E-state index in [-0.39, 0.29) is 41.0 Å². The van der Waals surface area contributed by atoms with Crippen molar-refractivity contribution >= 4 is 63.6 Å². The Morgan fingerprint density at radius 2 is 1.71 bits per heavy atom. The highest BCUT2D eigenvalue weighted by atomic mass is 35.5. The second-order valence-corrected chi connectivity index (χ2v) is 17.1. The van der Waals surface area contributed by atoms with Crippen LogP contribution in [0.1, 0.15) is 83.2 Å². The minimum atomic E-state index is -0.616. The maximum Gasteiger partial charge on any atom is 0.255 e. The highest BCUT2D eigenvalue weighted by molar-refractivity contribution is 6.35. The lowest BCUT2D eigenvalue weighted by Crippen LogP contribution is -2.52. The number of piperidine rings is 2. The van der Waals surface area contributed by atoms with Crippen molar-refractivity contribution in [1.29, 1.82) is 0 Å². The number of ketones is 1. The van der Waals surface area contributed by atoms with Gasteiger partial charge in [-0.05, 0) is 86.7 Å². The Kier molecular flexibility index (Phi) is 12.4. The van der Waals surface area contributed by atoms with E-state index in [4.69, 9.17) is 16.3 Å². The number of fused-ring (bicyclic) bond motifs is 2. The molecule has 3 saturated heterocycles. The average Bonchev–Trinajstić information content (AvgIpc) is 3.88. The van der Waals surface area contributed by atoms with Gasteiger partial charge in [-0.1, -0.05) is 36.2 Å². The van der Waals surface area contributed by atoms with Crippen LogP contribution in [0.5, 0.6) is 11.5 Å². The van der Waals surface area contributed by atoms with Crippen LogP contribution in [0.3, 0.4) is 0 Å². The summed E-state index contributed by atoms with van der Waals surface area (Å²) in [4.78, 5) is 84.9. The van der Waals surface area contributed by atoms with Gasteiger partial charge in [0, 0.05) is 93.8 Å². The number of carbonyl (C=O) groups is 5. The molecule has 4 amide bonds. The lowest BCUT2D eigenvalue weighted by atomic mass is 10.0. The first-order valence-corrected chi connectivity index (χ1v) is 22.2. The van der Waals surface area contributed by atoms with Crippen LogP contribution in [0.2, 0.25) is 5.02 Å². The number of rotatable bonds is 14. The number of halogens is 1. The Balaban J connectivity index is 0.717. The molecule has 326 valence electrons. The first-order chi connectivity index (χ1) is 30.7. The summed E-state index contributed by atoms with van der Waals surface area (Å²) in [5.74, 6) is 0.769. The van der Waals surface area contributed by atoms with Crippen molar-refractivity contribution in [2.75, 3.05) is 56.0 Å². The Morgan fingerprint density at radius 1 is 0.873 bits per heavy atom. The zero-order valence-electron chi connectivity index (χ0n) is 35.0. The van der Waals surface area contributed by atoms with Crippen LogP contribution in [0.25, 0.3) is 11.0 Å². The van der Waals surface area contributed by atoms with Crippen LogP contribution in [0.15, 0.2) is 79.3 Å². The number of nitrogens with one attached hydrogen (secondary N) is 3. The normalized spacial score (nSPS) is 19.3. The Hall–Kier alpha value is -6.32. The molecule has 2 unspecified atom stereocenters. The van der Waals surface area contributed by atoms with Crippen LogP contribution in [-0.2, 0) is 20.9 Å². The number of unbranched alkanes of at least 4 members (excludes halogenated alkanes) is 2. The van der Waals surface area contributed by atoms with E-state index in [2.05, 4.69) is 41.5 Å². The highest BCUT2D eigenvalue weighted by Crippen LogP contribution is 2.33. The summed E-state index contributed by atoms with van der Waals surface area (Å²) >= 11 is 6.63. The van der Waals surface area contributed by atoms with Crippen molar-refractivity contribution in [3.05, 3.63) is 107 Å². The Morgan fingerprint density at radius 3 is 2.52 bits per heavy atom. The van der Waals surface area contributed by atoms with Gasteiger partial charge in [0.05, 0.1) is 16.0 Å². The third-order valence-corrected chi connectivity index (χ3v) is 12.9. The van der Waals surface area contributed by atoms with Gasteiger partial charge < -0.3 is 29.7 Å². The number of aromatic nitrogens is 3. The predicted molar refractivity (Wildman–Crippen MR) is 238 cm³/mol. The third kappa shape index (κ3) is 9.25. The number of aromatic amines is 1. The summed E-state index contributed by atoms with van der Waals surface area (Å²) < 4.78 is 5.90. The van der Waals surface area contributed by atoms with Gasteiger partial charge in [0.1, 0.15) is 35.3 Å². The molecule has 2 atom stereocenters. The molecule has 0 aliphatic carbocycles. The number of amides is 4. The maximum atomic E-state index is 13.9. The average molecular weight is 872 g/mol. The van der Waals surface area contributed by atoms with Gasteiger partial charge in [0.2, 0.25) is 17.7 Å². The largest absolute Gasteiger partial charge is 0.457 e. The number of H-pyrrole nitrogens is 1. The number of anilines is 2. The van der Waals surface area contributed by atoms with Crippen molar-refractivity contribution in [1.82, 2.24) is 35.0 Å². The smallest absolute Gasteiger partial charge is 0.255 e. The lowest BCUT2D eigenvalue weighted by molar-refractivity contribution is -0.137. The van der Waals surface area contributed by atoms with Crippen LogP contribution < -0.4 is 20.3 Å². The summed E-state index contributed by atoms with van der Waals surface area (Å²) in [6, 6.07) is 19.7. The van der Waals surface area contributed by atoms with E-state index in [0.717, 1.165) is 82.6 Å². The molecule has 2 aromatic heterocycles. The molecule has 9 rings (SSSR count). The topological polar surface area (TPSA) is 173 Å². The molecule has 4 aliphatic rings. The number of nitrogens with zero attached hydrogens (tertiary/aromatic N) is 6. The summed E-state index contributed by atoms with van der Waals surface area (Å²) in [6.07, 6.45) is 8.74. The fourth-order valence-electron chi connectivity index (χ4n) is 9.21. The Bertz CT molecular complexity index is 2540. The van der Waals surface area contributed by atoms with Gasteiger partial charge in [-0.3, -0.25) is 34.2 Å². The van der Waals surface area contributed by atoms with Crippen molar-refractivity contribution in [3.63, 3.8) is 0 Å². The van der Waals surface area contributed by atoms with Gasteiger partial charge >= 0.3 is 0 Å². The summed E-state index contributed by atoms with van der Waals surface area (Å²) in [7, 11) is 0. The molecule has 3 N–H and O–H groups in total. The molecule has 5 aromatic rings. The van der Waals surface area contributed by atoms with E-state index in [0.29, 0.717) is 71.0 Å². The predicted octanol–water partition coefficient (Wildman–Crippen LogP) is 6.18. The zero-order chi connectivity index (χ0) is 43.5. The number of hydrogen-bond donors (Lipinski definition) is 3. The molecule has 63 heavy (non-hydrogen) atoms. The molecular formula is C47H50ClN9O6. The number of ether oxygens (including phenoxy) is 1. The van der Waals surface area contributed by atoms with Crippen molar-refractivity contribution < 1.29 is 28.7 Å². The van der Waals surface area contributed by atoms with E-state index >= 15 is 0 Å². The van der Waals surface area contributed by atoms with Crippen LogP contribution in [-0.4, -0.2) is 117 Å². The monoisotopic (exact) mass is 871 g/mol. The molecule has 3 aromatic carbocycles. The van der Waals surface area contributed by atoms with Crippen molar-refractivity contribution in [2.45, 2.75) is 70.0 Å². The number of carbonyl (C=O) groups excluding carboxylic acids is 5. The maximum absolute atomic E-state index is 13.9. The quantitative estimate of drug-likeness (QED) is 0.0661. The lowest BCUT2D eigenvalue weighted by Gasteiger charge is -2.36. The van der Waals surface area contributed by atoms with Gasteiger partial charge in [-0.2, -0.15) is 0 Å². The first kappa shape index (κ1) is 42.0. The summed E-state index contributed by atoms with van der Waals surface area (Å²) in [6.45, 7) is 6.24. The number of benzene rings is 3. The van der Waals surface area contributed by atoms with Crippen LogP contribution >= 0.6 is 11.6 Å². The van der Waals surface area contributed by atoms with Crippen molar-refractivity contribution in [2.24, 2.45) is 0 Å². The van der Waals surface area contributed by atoms with Gasteiger partial charge in [-0.15, -0.1) is 0 Å². The fraction of sp³-hybridized carbons (Fsp3) is 0.383. The third-order valence-electron chi connectivity index (χ3n) is 12.6. The SMILES string of the molecule is O=C1CCC(N2Cc3cc(N4CCN(CCCCCC(=O)N5CCCC(Nc6ncnc7[nH]cc(C(=O)c8ccc(Oc9ccccc9)cc8Cl)c67)C5)CC4)ccc3C2=O)C(=O)N1. The molecule has 6 heterocycles. The molecule has 0 radical (unpaired) electrons. The molecule has 0 saturated carbocycles. The number of piperazine rings is 1. The Labute approximate surface area is 370 Å². The van der Waals surface area contributed by atoms with E-state index in [1.54, 1.807) is 29.3 Å². The van der Waals surface area contributed by atoms with Gasteiger partial charge in [-0.25, -0.2) is 9.97 Å². The van der Waals surface area contributed by atoms with E-state index in [9.17, 15) is 24.0 Å². The molecule has 0 spiro atoms. The fourth-order valence-corrected chi connectivity index (χ4v) is 9.47. The van der Waals surface area contributed by atoms with E-state index in [1.165, 1.54) is 6.33 Å². The molecule has 0 bridgehead atoms.